The summed E-state index contributed by atoms with van der Waals surface area (Å²) in [6.07, 6.45) is -0.0932. The number of nitrogens with zero attached hydrogens (tertiary/aromatic N) is 1. The van der Waals surface area contributed by atoms with Crippen molar-refractivity contribution in [2.75, 3.05) is 0 Å². The topological polar surface area (TPSA) is 67.3 Å². The summed E-state index contributed by atoms with van der Waals surface area (Å²) in [5, 5.41) is 9.08. The molecule has 6 heteroatoms. The van der Waals surface area contributed by atoms with Crippen LogP contribution < -0.4 is 0 Å². The Morgan fingerprint density at radius 3 is 2.78 bits per heavy atom. The molecule has 1 aromatic carbocycles. The van der Waals surface area contributed by atoms with Gasteiger partial charge in [-0.2, -0.15) is 0 Å². The number of rotatable bonds is 4. The number of para-hydroxylation sites is 1. The average Bonchev–Trinajstić information content (AvgIpc) is 2.70. The van der Waals surface area contributed by atoms with E-state index in [1.807, 2.05) is 24.3 Å². The SMILES string of the molecule is CC(=O)S[C@@H](CC(=O)O)c1nc2ccccc2s1. The molecule has 4 nitrogen and oxygen atoms in total. The summed E-state index contributed by atoms with van der Waals surface area (Å²) in [7, 11) is 0. The second-order valence-electron chi connectivity index (χ2n) is 3.72. The van der Waals surface area contributed by atoms with Crippen molar-refractivity contribution in [2.45, 2.75) is 18.6 Å². The number of carboxylic acids is 1. The molecule has 1 N–H and O–H groups in total. The standard InChI is InChI=1S/C12H11NO3S2/c1-7(14)17-10(6-11(15)16)12-13-8-4-2-3-5-9(8)18-12/h2-5,10H,6H2,1H3,(H,15,16)/t10-/m0/s1. The summed E-state index contributed by atoms with van der Waals surface area (Å²) in [5.74, 6) is -0.923. The summed E-state index contributed by atoms with van der Waals surface area (Å²) >= 11 is 2.47. The molecular formula is C12H11NO3S2. The fourth-order valence-corrected chi connectivity index (χ4v) is 3.58. The van der Waals surface area contributed by atoms with Crippen molar-refractivity contribution in [1.82, 2.24) is 4.98 Å². The van der Waals surface area contributed by atoms with Gasteiger partial charge in [0.1, 0.15) is 5.01 Å². The predicted octanol–water partition coefficient (Wildman–Crippen LogP) is 3.09. The van der Waals surface area contributed by atoms with Gasteiger partial charge in [-0.3, -0.25) is 9.59 Å². The minimum Gasteiger partial charge on any atom is -0.481 e. The third-order valence-electron chi connectivity index (χ3n) is 2.25. The van der Waals surface area contributed by atoms with Crippen molar-refractivity contribution in [3.8, 4) is 0 Å². The van der Waals surface area contributed by atoms with Gasteiger partial charge in [0.2, 0.25) is 0 Å². The van der Waals surface area contributed by atoms with Crippen LogP contribution in [0.15, 0.2) is 24.3 Å². The monoisotopic (exact) mass is 281 g/mol. The van der Waals surface area contributed by atoms with E-state index in [1.165, 1.54) is 18.3 Å². The Hall–Kier alpha value is -1.40. The van der Waals surface area contributed by atoms with Gasteiger partial charge < -0.3 is 5.11 Å². The molecule has 1 heterocycles. The molecule has 0 radical (unpaired) electrons. The summed E-state index contributed by atoms with van der Waals surface area (Å²) < 4.78 is 1.01. The maximum absolute atomic E-state index is 11.2. The molecule has 0 unspecified atom stereocenters. The van der Waals surface area contributed by atoms with E-state index in [4.69, 9.17) is 5.11 Å². The highest BCUT2D eigenvalue weighted by Gasteiger charge is 2.22. The van der Waals surface area contributed by atoms with Gasteiger partial charge in [0.05, 0.1) is 21.9 Å². The lowest BCUT2D eigenvalue weighted by Gasteiger charge is -2.08. The van der Waals surface area contributed by atoms with Gasteiger partial charge in [0.15, 0.2) is 5.12 Å². The Balaban J connectivity index is 2.33. The van der Waals surface area contributed by atoms with Crippen LogP contribution in [0.3, 0.4) is 0 Å². The van der Waals surface area contributed by atoms with Crippen LogP contribution in [0.25, 0.3) is 10.2 Å². The number of aliphatic carboxylic acids is 1. The van der Waals surface area contributed by atoms with Crippen LogP contribution in [-0.4, -0.2) is 21.2 Å². The van der Waals surface area contributed by atoms with E-state index in [1.54, 1.807) is 0 Å². The number of hydrogen-bond acceptors (Lipinski definition) is 5. The number of carbonyl (C=O) groups is 2. The lowest BCUT2D eigenvalue weighted by Crippen LogP contribution is -2.04. The van der Waals surface area contributed by atoms with Crippen molar-refractivity contribution in [3.05, 3.63) is 29.3 Å². The number of carboxylic acid groups (broad SMARTS) is 1. The van der Waals surface area contributed by atoms with Gasteiger partial charge in [-0.1, -0.05) is 23.9 Å². The second kappa shape index (κ2) is 5.49. The minimum absolute atomic E-state index is 0.0932. The van der Waals surface area contributed by atoms with Crippen molar-refractivity contribution in [2.24, 2.45) is 0 Å². The first-order valence-electron chi connectivity index (χ1n) is 5.30. The molecule has 0 bridgehead atoms. The first kappa shape index (κ1) is 13.0. The first-order chi connectivity index (χ1) is 8.56. The fraction of sp³-hybridized carbons (Fsp3) is 0.250. The Morgan fingerprint density at radius 2 is 2.17 bits per heavy atom. The molecule has 0 aliphatic rings. The molecule has 1 atom stereocenters. The molecule has 2 rings (SSSR count). The van der Waals surface area contributed by atoms with Crippen LogP contribution in [0, 0.1) is 0 Å². The minimum atomic E-state index is -0.923. The number of thiazole rings is 1. The molecule has 18 heavy (non-hydrogen) atoms. The van der Waals surface area contributed by atoms with E-state index in [-0.39, 0.29) is 11.5 Å². The zero-order chi connectivity index (χ0) is 13.1. The van der Waals surface area contributed by atoms with Crippen LogP contribution in [0.5, 0.6) is 0 Å². The smallest absolute Gasteiger partial charge is 0.304 e. The Bertz CT molecular complexity index is 545. The number of aromatic nitrogens is 1. The maximum Gasteiger partial charge on any atom is 0.304 e. The van der Waals surface area contributed by atoms with Gasteiger partial charge in [0.25, 0.3) is 0 Å². The van der Waals surface area contributed by atoms with E-state index in [9.17, 15) is 9.59 Å². The van der Waals surface area contributed by atoms with Gasteiger partial charge in [-0.15, -0.1) is 11.3 Å². The number of hydrogen-bond donors (Lipinski definition) is 1. The van der Waals surface area contributed by atoms with Gasteiger partial charge >= 0.3 is 5.97 Å². The van der Waals surface area contributed by atoms with E-state index >= 15 is 0 Å². The van der Waals surface area contributed by atoms with Crippen LogP contribution in [0.4, 0.5) is 0 Å². The van der Waals surface area contributed by atoms with E-state index in [2.05, 4.69) is 4.98 Å². The van der Waals surface area contributed by atoms with E-state index < -0.39 is 11.2 Å². The molecule has 0 amide bonds. The molecule has 94 valence electrons. The van der Waals surface area contributed by atoms with Crippen molar-refractivity contribution < 1.29 is 14.7 Å². The zero-order valence-corrected chi connectivity index (χ0v) is 11.3. The third kappa shape index (κ3) is 3.08. The second-order valence-corrected chi connectivity index (χ2v) is 6.16. The highest BCUT2D eigenvalue weighted by atomic mass is 32.2. The van der Waals surface area contributed by atoms with Crippen molar-refractivity contribution in [3.63, 3.8) is 0 Å². The van der Waals surface area contributed by atoms with Gasteiger partial charge in [-0.25, -0.2) is 4.98 Å². The molecule has 0 spiro atoms. The lowest BCUT2D eigenvalue weighted by molar-refractivity contribution is -0.137. The number of carbonyl (C=O) groups excluding carboxylic acids is 1. The highest BCUT2D eigenvalue weighted by Crippen LogP contribution is 2.37. The Morgan fingerprint density at radius 1 is 1.44 bits per heavy atom. The quantitative estimate of drug-likeness (QED) is 0.932. The molecule has 2 aromatic rings. The molecule has 1 aromatic heterocycles. The number of thioether (sulfide) groups is 1. The number of benzene rings is 1. The van der Waals surface area contributed by atoms with Gasteiger partial charge in [0, 0.05) is 6.92 Å². The van der Waals surface area contributed by atoms with Crippen LogP contribution in [0.1, 0.15) is 23.6 Å². The van der Waals surface area contributed by atoms with Crippen LogP contribution in [-0.2, 0) is 9.59 Å². The molecule has 0 saturated heterocycles. The molecule has 0 aliphatic heterocycles. The van der Waals surface area contributed by atoms with Crippen LogP contribution in [0.2, 0.25) is 0 Å². The predicted molar refractivity (Wildman–Crippen MR) is 72.9 cm³/mol. The maximum atomic E-state index is 11.2. The zero-order valence-electron chi connectivity index (χ0n) is 9.62. The van der Waals surface area contributed by atoms with Crippen molar-refractivity contribution in [1.29, 1.82) is 0 Å². The van der Waals surface area contributed by atoms with E-state index in [0.29, 0.717) is 5.01 Å². The Labute approximate surface area is 112 Å². The largest absolute Gasteiger partial charge is 0.481 e. The molecular weight excluding hydrogens is 270 g/mol. The van der Waals surface area contributed by atoms with Crippen LogP contribution >= 0.6 is 23.1 Å². The average molecular weight is 281 g/mol. The normalized spacial score (nSPS) is 12.5. The molecule has 0 aliphatic carbocycles. The summed E-state index contributed by atoms with van der Waals surface area (Å²) in [4.78, 5) is 26.4. The first-order valence-corrected chi connectivity index (χ1v) is 7.00. The fourth-order valence-electron chi connectivity index (χ4n) is 1.57. The van der Waals surface area contributed by atoms with Gasteiger partial charge in [-0.05, 0) is 12.1 Å². The summed E-state index contributed by atoms with van der Waals surface area (Å²) in [6.45, 7) is 1.44. The molecule has 0 saturated carbocycles. The van der Waals surface area contributed by atoms with Crippen molar-refractivity contribution >= 4 is 44.4 Å². The summed E-state index contributed by atoms with van der Waals surface area (Å²) in [6, 6.07) is 7.61. The third-order valence-corrected chi connectivity index (χ3v) is 4.56. The molecule has 0 fully saturated rings. The Kier molecular flexibility index (Phi) is 3.98. The summed E-state index contributed by atoms with van der Waals surface area (Å²) in [5.41, 5.74) is 0.844. The highest BCUT2D eigenvalue weighted by molar-refractivity contribution is 8.13. The lowest BCUT2D eigenvalue weighted by atomic mass is 10.3. The number of fused-ring (bicyclic) bond motifs is 1. The van der Waals surface area contributed by atoms with E-state index in [0.717, 1.165) is 22.0 Å².